The molecule has 1 fully saturated rings. The van der Waals surface area contributed by atoms with Crippen LogP contribution < -0.4 is 5.73 Å². The second kappa shape index (κ2) is 8.13. The van der Waals surface area contributed by atoms with Crippen molar-refractivity contribution in [3.05, 3.63) is 0 Å². The molecule has 0 radical (unpaired) electrons. The van der Waals surface area contributed by atoms with Crippen LogP contribution in [0.25, 0.3) is 0 Å². The molecule has 1 rings (SSSR count). The molecule has 1 aliphatic heterocycles. The Morgan fingerprint density at radius 2 is 1.94 bits per heavy atom. The summed E-state index contributed by atoms with van der Waals surface area (Å²) in [7, 11) is 0. The van der Waals surface area contributed by atoms with Gasteiger partial charge in [-0.2, -0.15) is 0 Å². The summed E-state index contributed by atoms with van der Waals surface area (Å²) in [5, 5.41) is 0. The maximum atomic E-state index is 6.02. The summed E-state index contributed by atoms with van der Waals surface area (Å²) < 4.78 is 0. The third-order valence-electron chi connectivity index (χ3n) is 4.63. The first kappa shape index (κ1) is 15.9. The van der Waals surface area contributed by atoms with E-state index in [0.717, 1.165) is 18.5 Å². The summed E-state index contributed by atoms with van der Waals surface area (Å²) in [6, 6.07) is 1.34. The molecule has 3 nitrogen and oxygen atoms in total. The molecule has 0 spiro atoms. The van der Waals surface area contributed by atoms with Gasteiger partial charge in [-0.25, -0.2) is 0 Å². The van der Waals surface area contributed by atoms with E-state index in [2.05, 4.69) is 37.5 Å². The van der Waals surface area contributed by atoms with Crippen LogP contribution in [0.4, 0.5) is 0 Å². The second-order valence-electron chi connectivity index (χ2n) is 5.73. The van der Waals surface area contributed by atoms with Gasteiger partial charge in [0.05, 0.1) is 0 Å². The van der Waals surface area contributed by atoms with E-state index in [9.17, 15) is 0 Å². The number of nitrogens with two attached hydrogens (primary N) is 1. The molecule has 18 heavy (non-hydrogen) atoms. The van der Waals surface area contributed by atoms with Crippen molar-refractivity contribution in [2.24, 2.45) is 11.7 Å². The molecular formula is C15H33N3. The minimum atomic E-state index is 0.588. The highest BCUT2D eigenvalue weighted by Crippen LogP contribution is 2.23. The van der Waals surface area contributed by atoms with Crippen LogP contribution in [-0.2, 0) is 0 Å². The van der Waals surface area contributed by atoms with Crippen molar-refractivity contribution in [2.75, 3.05) is 32.7 Å². The zero-order valence-corrected chi connectivity index (χ0v) is 12.9. The standard InChI is InChI=1S/C15H33N3/c1-5-8-13(4)15(11-16)18-10-9-14(12-18)17(6-2)7-3/h13-15H,5-12,16H2,1-4H3. The first-order chi connectivity index (χ1) is 8.67. The van der Waals surface area contributed by atoms with Gasteiger partial charge in [-0.15, -0.1) is 0 Å². The molecule has 1 saturated heterocycles. The predicted molar refractivity (Wildman–Crippen MR) is 79.8 cm³/mol. The van der Waals surface area contributed by atoms with Gasteiger partial charge in [-0.3, -0.25) is 9.80 Å². The van der Waals surface area contributed by atoms with Gasteiger partial charge < -0.3 is 5.73 Å². The van der Waals surface area contributed by atoms with E-state index in [0.29, 0.717) is 6.04 Å². The normalized spacial score (nSPS) is 24.7. The molecule has 0 aromatic heterocycles. The number of likely N-dealkylation sites (N-methyl/N-ethyl adjacent to an activating group) is 1. The maximum Gasteiger partial charge on any atom is 0.0244 e. The van der Waals surface area contributed by atoms with E-state index in [1.165, 1.54) is 45.4 Å². The van der Waals surface area contributed by atoms with Crippen molar-refractivity contribution in [3.8, 4) is 0 Å². The highest BCUT2D eigenvalue weighted by atomic mass is 15.3. The Kier molecular flexibility index (Phi) is 7.20. The predicted octanol–water partition coefficient (Wildman–Crippen LogP) is 2.17. The van der Waals surface area contributed by atoms with E-state index >= 15 is 0 Å². The van der Waals surface area contributed by atoms with E-state index in [1.807, 2.05) is 0 Å². The molecule has 3 unspecified atom stereocenters. The smallest absolute Gasteiger partial charge is 0.0244 e. The molecule has 0 bridgehead atoms. The zero-order chi connectivity index (χ0) is 13.5. The fraction of sp³-hybridized carbons (Fsp3) is 1.00. The lowest BCUT2D eigenvalue weighted by Gasteiger charge is -2.33. The van der Waals surface area contributed by atoms with Gasteiger partial charge in [0.25, 0.3) is 0 Å². The minimum absolute atomic E-state index is 0.588. The summed E-state index contributed by atoms with van der Waals surface area (Å²) in [4.78, 5) is 5.24. The SMILES string of the molecule is CCCC(C)C(CN)N1CCC(N(CC)CC)C1. The number of hydrogen-bond acceptors (Lipinski definition) is 3. The van der Waals surface area contributed by atoms with Gasteiger partial charge >= 0.3 is 0 Å². The van der Waals surface area contributed by atoms with Crippen LogP contribution in [0, 0.1) is 5.92 Å². The van der Waals surface area contributed by atoms with Gasteiger partial charge in [0.1, 0.15) is 0 Å². The first-order valence-electron chi connectivity index (χ1n) is 7.85. The molecule has 0 aromatic rings. The quantitative estimate of drug-likeness (QED) is 0.721. The van der Waals surface area contributed by atoms with E-state index in [1.54, 1.807) is 0 Å². The molecular weight excluding hydrogens is 222 g/mol. The Balaban J connectivity index is 2.52. The molecule has 1 heterocycles. The molecule has 3 heteroatoms. The highest BCUT2D eigenvalue weighted by Gasteiger charge is 2.32. The summed E-state index contributed by atoms with van der Waals surface area (Å²) in [5.74, 6) is 0.732. The van der Waals surface area contributed by atoms with E-state index < -0.39 is 0 Å². The van der Waals surface area contributed by atoms with Crippen LogP contribution in [0.2, 0.25) is 0 Å². The number of nitrogens with zero attached hydrogens (tertiary/aromatic N) is 2. The number of hydrogen-bond donors (Lipinski definition) is 1. The average molecular weight is 255 g/mol. The Labute approximate surface area is 114 Å². The second-order valence-corrected chi connectivity index (χ2v) is 5.73. The molecule has 1 aliphatic rings. The summed E-state index contributed by atoms with van der Waals surface area (Å²) in [6.07, 6.45) is 3.89. The molecule has 0 aromatic carbocycles. The molecule has 3 atom stereocenters. The van der Waals surface area contributed by atoms with Crippen LogP contribution in [0.1, 0.15) is 47.0 Å². The number of rotatable bonds is 8. The Morgan fingerprint density at radius 3 is 2.44 bits per heavy atom. The van der Waals surface area contributed by atoms with E-state index in [4.69, 9.17) is 5.73 Å². The van der Waals surface area contributed by atoms with Crippen molar-refractivity contribution in [1.29, 1.82) is 0 Å². The fourth-order valence-corrected chi connectivity index (χ4v) is 3.50. The van der Waals surface area contributed by atoms with Crippen LogP contribution in [-0.4, -0.2) is 54.6 Å². The van der Waals surface area contributed by atoms with E-state index in [-0.39, 0.29) is 0 Å². The largest absolute Gasteiger partial charge is 0.329 e. The lowest BCUT2D eigenvalue weighted by atomic mass is 9.96. The first-order valence-corrected chi connectivity index (χ1v) is 7.85. The van der Waals surface area contributed by atoms with Crippen LogP contribution in [0.15, 0.2) is 0 Å². The lowest BCUT2D eigenvalue weighted by molar-refractivity contribution is 0.155. The van der Waals surface area contributed by atoms with Crippen molar-refractivity contribution in [1.82, 2.24) is 9.80 Å². The Morgan fingerprint density at radius 1 is 1.28 bits per heavy atom. The summed E-state index contributed by atoms with van der Waals surface area (Å²) in [5.41, 5.74) is 6.02. The van der Waals surface area contributed by atoms with Gasteiger partial charge in [0.15, 0.2) is 0 Å². The average Bonchev–Trinajstić information content (AvgIpc) is 2.81. The van der Waals surface area contributed by atoms with Gasteiger partial charge in [-0.1, -0.05) is 34.1 Å². The molecule has 0 amide bonds. The van der Waals surface area contributed by atoms with Gasteiger partial charge in [0.2, 0.25) is 0 Å². The van der Waals surface area contributed by atoms with Crippen LogP contribution in [0.5, 0.6) is 0 Å². The Bertz CT molecular complexity index is 216. The third kappa shape index (κ3) is 3.94. The Hall–Kier alpha value is -0.120. The minimum Gasteiger partial charge on any atom is -0.329 e. The third-order valence-corrected chi connectivity index (χ3v) is 4.63. The van der Waals surface area contributed by atoms with Crippen molar-refractivity contribution >= 4 is 0 Å². The van der Waals surface area contributed by atoms with Gasteiger partial charge in [-0.05, 0) is 31.8 Å². The van der Waals surface area contributed by atoms with Crippen molar-refractivity contribution in [3.63, 3.8) is 0 Å². The molecule has 2 N–H and O–H groups in total. The molecule has 0 saturated carbocycles. The zero-order valence-electron chi connectivity index (χ0n) is 12.9. The van der Waals surface area contributed by atoms with Crippen LogP contribution in [0.3, 0.4) is 0 Å². The highest BCUT2D eigenvalue weighted by molar-refractivity contribution is 4.88. The molecule has 108 valence electrons. The summed E-state index contributed by atoms with van der Waals surface area (Å²) >= 11 is 0. The van der Waals surface area contributed by atoms with Crippen LogP contribution >= 0.6 is 0 Å². The lowest BCUT2D eigenvalue weighted by Crippen LogP contribution is -2.45. The monoisotopic (exact) mass is 255 g/mol. The van der Waals surface area contributed by atoms with Crippen molar-refractivity contribution < 1.29 is 0 Å². The van der Waals surface area contributed by atoms with Gasteiger partial charge in [0, 0.05) is 31.7 Å². The maximum absolute atomic E-state index is 6.02. The fourth-order valence-electron chi connectivity index (χ4n) is 3.50. The van der Waals surface area contributed by atoms with Crippen molar-refractivity contribution in [2.45, 2.75) is 59.0 Å². The molecule has 0 aliphatic carbocycles. The topological polar surface area (TPSA) is 32.5 Å². The summed E-state index contributed by atoms with van der Waals surface area (Å²) in [6.45, 7) is 14.8. The number of likely N-dealkylation sites (tertiary alicyclic amines) is 1.